The largest absolute Gasteiger partial charge is 0.332 e. The maximum absolute atomic E-state index is 13.7. The predicted octanol–water partition coefficient (Wildman–Crippen LogP) is 4.24. The number of aryl methyl sites for hydroxylation is 1. The fraction of sp³-hybridized carbons (Fsp3) is 0.571. The molecule has 1 N–H and O–H groups in total. The van der Waals surface area contributed by atoms with Crippen molar-refractivity contribution in [3.05, 3.63) is 50.9 Å². The van der Waals surface area contributed by atoms with Crippen LogP contribution in [0, 0.1) is 12.3 Å². The molecule has 2 heterocycles. The van der Waals surface area contributed by atoms with Gasteiger partial charge >= 0.3 is 4.87 Å². The zero-order valence-corrected chi connectivity index (χ0v) is 17.4. The van der Waals surface area contributed by atoms with Crippen LogP contribution in [0.3, 0.4) is 0 Å². The van der Waals surface area contributed by atoms with Crippen molar-refractivity contribution in [1.29, 1.82) is 0 Å². The molecule has 6 heteroatoms. The Hall–Kier alpha value is -1.95. The second kappa shape index (κ2) is 7.97. The third-order valence-electron chi connectivity index (χ3n) is 5.90. The monoisotopic (exact) mass is 387 g/mol. The van der Waals surface area contributed by atoms with E-state index in [4.69, 9.17) is 0 Å². The molecule has 1 aliphatic heterocycles. The van der Waals surface area contributed by atoms with E-state index in [2.05, 4.69) is 59.3 Å². The maximum Gasteiger partial charge on any atom is 0.323 e. The topological polar surface area (TPSA) is 66.1 Å². The number of nitrogens with zero attached hydrogens (tertiary/aromatic N) is 2. The Balaban J connectivity index is 1.94. The van der Waals surface area contributed by atoms with E-state index in [0.717, 1.165) is 37.2 Å². The third-order valence-corrected chi connectivity index (χ3v) is 6.48. The van der Waals surface area contributed by atoms with Crippen molar-refractivity contribution >= 4 is 17.4 Å². The summed E-state index contributed by atoms with van der Waals surface area (Å²) >= 11 is 0.922. The van der Waals surface area contributed by atoms with Gasteiger partial charge in [0.25, 0.3) is 0 Å². The van der Waals surface area contributed by atoms with Crippen LogP contribution in [0.15, 0.2) is 29.1 Å². The lowest BCUT2D eigenvalue weighted by atomic mass is 9.74. The highest BCUT2D eigenvalue weighted by Crippen LogP contribution is 2.44. The number of nitrogens with one attached hydrogen (secondary N) is 1. The quantitative estimate of drug-likeness (QED) is 0.806. The minimum absolute atomic E-state index is 0.116. The van der Waals surface area contributed by atoms with Crippen LogP contribution in [0.25, 0.3) is 0 Å². The molecule has 3 rings (SSSR count). The zero-order chi connectivity index (χ0) is 19.6. The summed E-state index contributed by atoms with van der Waals surface area (Å²) in [7, 11) is 0. The predicted molar refractivity (Wildman–Crippen MR) is 109 cm³/mol. The first-order valence-electron chi connectivity index (χ1n) is 9.82. The van der Waals surface area contributed by atoms with E-state index in [1.807, 2.05) is 6.92 Å². The van der Waals surface area contributed by atoms with E-state index in [0.29, 0.717) is 12.2 Å². The first-order chi connectivity index (χ1) is 12.9. The SMILES string of the molecule is CCC(CC)N1C(=O)[C@@](C)(Cc2nsc(=O)[nH]2)CCC1c1ccc(C)cc1. The summed E-state index contributed by atoms with van der Waals surface area (Å²) < 4.78 is 4.19. The highest BCUT2D eigenvalue weighted by atomic mass is 32.1. The second-order valence-electron chi connectivity index (χ2n) is 7.93. The van der Waals surface area contributed by atoms with Gasteiger partial charge in [0.2, 0.25) is 5.91 Å². The number of piperidine rings is 1. The molecule has 0 spiro atoms. The summed E-state index contributed by atoms with van der Waals surface area (Å²) in [5.74, 6) is 0.806. The van der Waals surface area contributed by atoms with Crippen LogP contribution >= 0.6 is 11.5 Å². The van der Waals surface area contributed by atoms with Gasteiger partial charge in [-0.05, 0) is 38.2 Å². The van der Waals surface area contributed by atoms with E-state index in [1.54, 1.807) is 0 Å². The molecular formula is C21H29N3O2S. The van der Waals surface area contributed by atoms with Crippen molar-refractivity contribution in [2.45, 2.75) is 71.9 Å². The van der Waals surface area contributed by atoms with Gasteiger partial charge in [-0.15, -0.1) is 0 Å². The number of carbonyl (C=O) groups excluding carboxylic acids is 1. The first kappa shape index (κ1) is 19.8. The lowest BCUT2D eigenvalue weighted by Gasteiger charge is -2.48. The van der Waals surface area contributed by atoms with Crippen molar-refractivity contribution in [2.75, 3.05) is 0 Å². The normalized spacial score (nSPS) is 23.2. The van der Waals surface area contributed by atoms with Crippen LogP contribution in [0.5, 0.6) is 0 Å². The third kappa shape index (κ3) is 4.00. The van der Waals surface area contributed by atoms with E-state index < -0.39 is 5.41 Å². The molecule has 27 heavy (non-hydrogen) atoms. The summed E-state index contributed by atoms with van der Waals surface area (Å²) in [6, 6.07) is 8.90. The number of likely N-dealkylation sites (tertiary alicyclic amines) is 1. The minimum atomic E-state index is -0.527. The lowest BCUT2D eigenvalue weighted by Crippen LogP contribution is -2.53. The molecule has 1 unspecified atom stereocenters. The van der Waals surface area contributed by atoms with Crippen LogP contribution < -0.4 is 4.87 Å². The fourth-order valence-corrected chi connectivity index (χ4v) is 4.71. The molecular weight excluding hydrogens is 358 g/mol. The van der Waals surface area contributed by atoms with E-state index >= 15 is 0 Å². The fourth-order valence-electron chi connectivity index (χ4n) is 4.24. The van der Waals surface area contributed by atoms with Gasteiger partial charge < -0.3 is 4.90 Å². The van der Waals surface area contributed by atoms with Gasteiger partial charge in [0.1, 0.15) is 5.82 Å². The average Bonchev–Trinajstić information content (AvgIpc) is 3.05. The molecule has 2 atom stereocenters. The Morgan fingerprint density at radius 3 is 2.48 bits per heavy atom. The number of H-pyrrole nitrogens is 1. The Morgan fingerprint density at radius 2 is 1.93 bits per heavy atom. The first-order valence-corrected chi connectivity index (χ1v) is 10.6. The van der Waals surface area contributed by atoms with E-state index in [-0.39, 0.29) is 22.9 Å². The van der Waals surface area contributed by atoms with Gasteiger partial charge in [0, 0.05) is 24.0 Å². The van der Waals surface area contributed by atoms with Gasteiger partial charge in [-0.1, -0.05) is 50.6 Å². The summed E-state index contributed by atoms with van der Waals surface area (Å²) in [5.41, 5.74) is 1.91. The molecule has 1 aliphatic rings. The van der Waals surface area contributed by atoms with Crippen molar-refractivity contribution in [1.82, 2.24) is 14.3 Å². The van der Waals surface area contributed by atoms with Crippen LogP contribution in [0.1, 0.15) is 69.4 Å². The molecule has 1 amide bonds. The second-order valence-corrected chi connectivity index (χ2v) is 8.66. The number of rotatable bonds is 6. The number of amides is 1. The summed E-state index contributed by atoms with van der Waals surface area (Å²) in [5, 5.41) is 0. The standard InChI is InChI=1S/C21H29N3O2S/c1-5-16(6-2)24-17(15-9-7-14(3)8-10-15)11-12-21(4,19(24)25)13-18-22-20(26)27-23-18/h7-10,16-17H,5-6,11-13H2,1-4H3,(H,22,23,26)/t17?,21-/m1/s1. The van der Waals surface area contributed by atoms with Crippen LogP contribution in [0.4, 0.5) is 0 Å². The molecule has 146 valence electrons. The van der Waals surface area contributed by atoms with Gasteiger partial charge in [-0.25, -0.2) is 0 Å². The molecule has 0 bridgehead atoms. The Labute approximate surface area is 165 Å². The number of benzene rings is 1. The lowest BCUT2D eigenvalue weighted by molar-refractivity contribution is -0.153. The highest BCUT2D eigenvalue weighted by Gasteiger charge is 2.46. The molecule has 2 aromatic rings. The molecule has 1 saturated heterocycles. The molecule has 1 aromatic heterocycles. The zero-order valence-electron chi connectivity index (χ0n) is 16.6. The molecule has 0 saturated carbocycles. The van der Waals surface area contributed by atoms with E-state index in [9.17, 15) is 9.59 Å². The molecule has 0 aliphatic carbocycles. The van der Waals surface area contributed by atoms with Crippen LogP contribution in [-0.2, 0) is 11.2 Å². The summed E-state index contributed by atoms with van der Waals surface area (Å²) in [6.07, 6.45) is 4.08. The summed E-state index contributed by atoms with van der Waals surface area (Å²) in [4.78, 5) is 29.9. The van der Waals surface area contributed by atoms with Gasteiger partial charge in [-0.2, -0.15) is 4.37 Å². The van der Waals surface area contributed by atoms with Crippen LogP contribution in [0.2, 0.25) is 0 Å². The van der Waals surface area contributed by atoms with Crippen molar-refractivity contribution in [3.8, 4) is 0 Å². The molecule has 0 radical (unpaired) electrons. The van der Waals surface area contributed by atoms with Crippen molar-refractivity contribution < 1.29 is 4.79 Å². The molecule has 1 aromatic carbocycles. The maximum atomic E-state index is 13.7. The molecule has 1 fully saturated rings. The Bertz CT molecular complexity index is 838. The Kier molecular flexibility index (Phi) is 5.84. The van der Waals surface area contributed by atoms with Crippen molar-refractivity contribution in [3.63, 3.8) is 0 Å². The van der Waals surface area contributed by atoms with Crippen molar-refractivity contribution in [2.24, 2.45) is 5.41 Å². The average molecular weight is 388 g/mol. The van der Waals surface area contributed by atoms with Gasteiger partial charge in [0.05, 0.1) is 11.5 Å². The number of hydrogen-bond acceptors (Lipinski definition) is 4. The van der Waals surface area contributed by atoms with E-state index in [1.165, 1.54) is 11.1 Å². The number of hydrogen-bond donors (Lipinski definition) is 1. The van der Waals surface area contributed by atoms with Gasteiger partial charge in [0.15, 0.2) is 0 Å². The summed E-state index contributed by atoms with van der Waals surface area (Å²) in [6.45, 7) is 8.41. The minimum Gasteiger partial charge on any atom is -0.332 e. The number of aromatic amines is 1. The number of carbonyl (C=O) groups is 1. The Morgan fingerprint density at radius 1 is 1.26 bits per heavy atom. The molecule has 5 nitrogen and oxygen atoms in total. The number of aromatic nitrogens is 2. The highest BCUT2D eigenvalue weighted by molar-refractivity contribution is 7.02. The van der Waals surface area contributed by atoms with Gasteiger partial charge in [-0.3, -0.25) is 14.6 Å². The van der Waals surface area contributed by atoms with Crippen LogP contribution in [-0.4, -0.2) is 26.2 Å². The smallest absolute Gasteiger partial charge is 0.323 e.